The first-order chi connectivity index (χ1) is 13.1. The molecule has 1 atom stereocenters. The number of nitrogens with zero attached hydrogens (tertiary/aromatic N) is 2. The fraction of sp³-hybridized carbons (Fsp3) is 0.579. The average Bonchev–Trinajstić information content (AvgIpc) is 3.13. The monoisotopic (exact) mass is 395 g/mol. The highest BCUT2D eigenvalue weighted by Crippen LogP contribution is 2.33. The Bertz CT molecular complexity index is 653. The minimum Gasteiger partial charge on any atom is -0.495 e. The molecule has 2 rings (SSSR count). The van der Waals surface area contributed by atoms with E-state index < -0.39 is 0 Å². The molecule has 150 valence electrons. The first-order valence-electron chi connectivity index (χ1n) is 9.47. The van der Waals surface area contributed by atoms with Crippen molar-refractivity contribution in [2.75, 3.05) is 44.7 Å². The maximum atomic E-state index is 11.8. The molecule has 1 heterocycles. The zero-order chi connectivity index (χ0) is 19.6. The summed E-state index contributed by atoms with van der Waals surface area (Å²) in [6.07, 6.45) is 1.88. The number of aliphatic imine (C=N–C) groups is 1. The predicted octanol–water partition coefficient (Wildman–Crippen LogP) is 2.01. The maximum Gasteiger partial charge on any atom is 0.241 e. The van der Waals surface area contributed by atoms with Crippen molar-refractivity contribution in [3.05, 3.63) is 23.2 Å². The van der Waals surface area contributed by atoms with E-state index in [-0.39, 0.29) is 18.5 Å². The van der Waals surface area contributed by atoms with Crippen molar-refractivity contribution in [2.45, 2.75) is 32.7 Å². The Morgan fingerprint density at radius 3 is 2.89 bits per heavy atom. The lowest BCUT2D eigenvalue weighted by atomic mass is 10.2. The van der Waals surface area contributed by atoms with Crippen molar-refractivity contribution in [3.8, 4) is 5.75 Å². The van der Waals surface area contributed by atoms with Crippen LogP contribution in [0.1, 0.15) is 26.7 Å². The number of nitrogens with one attached hydrogen (secondary N) is 3. The Kier molecular flexibility index (Phi) is 8.51. The van der Waals surface area contributed by atoms with E-state index in [0.717, 1.165) is 43.9 Å². The van der Waals surface area contributed by atoms with Crippen LogP contribution in [0.2, 0.25) is 5.02 Å². The van der Waals surface area contributed by atoms with Crippen molar-refractivity contribution >= 4 is 29.2 Å². The number of ether oxygens (including phenoxy) is 1. The van der Waals surface area contributed by atoms with Crippen LogP contribution in [-0.2, 0) is 4.79 Å². The highest BCUT2D eigenvalue weighted by molar-refractivity contribution is 6.30. The van der Waals surface area contributed by atoms with Crippen molar-refractivity contribution in [1.82, 2.24) is 16.0 Å². The maximum absolute atomic E-state index is 11.8. The summed E-state index contributed by atoms with van der Waals surface area (Å²) in [4.78, 5) is 18.4. The molecule has 1 saturated heterocycles. The summed E-state index contributed by atoms with van der Waals surface area (Å²) in [5.41, 5.74) is 0.996. The molecule has 3 N–H and O–H groups in total. The third-order valence-corrected chi connectivity index (χ3v) is 4.54. The van der Waals surface area contributed by atoms with Crippen LogP contribution in [0.5, 0.6) is 5.75 Å². The molecule has 1 fully saturated rings. The number of hydrogen-bond acceptors (Lipinski definition) is 4. The van der Waals surface area contributed by atoms with E-state index in [0.29, 0.717) is 17.5 Å². The second-order valence-corrected chi connectivity index (χ2v) is 6.87. The van der Waals surface area contributed by atoms with Gasteiger partial charge in [0.15, 0.2) is 5.96 Å². The summed E-state index contributed by atoms with van der Waals surface area (Å²) in [6, 6.07) is 5.87. The second kappa shape index (κ2) is 10.9. The smallest absolute Gasteiger partial charge is 0.241 e. The Labute approximate surface area is 166 Å². The summed E-state index contributed by atoms with van der Waals surface area (Å²) < 4.78 is 5.46. The van der Waals surface area contributed by atoms with Crippen molar-refractivity contribution in [1.29, 1.82) is 0 Å². The Morgan fingerprint density at radius 2 is 2.19 bits per heavy atom. The predicted molar refractivity (Wildman–Crippen MR) is 111 cm³/mol. The van der Waals surface area contributed by atoms with E-state index in [2.05, 4.69) is 25.8 Å². The third kappa shape index (κ3) is 6.50. The zero-order valence-corrected chi connectivity index (χ0v) is 17.1. The molecule has 7 nitrogen and oxygen atoms in total. The highest BCUT2D eigenvalue weighted by atomic mass is 35.5. The first kappa shape index (κ1) is 21.2. The topological polar surface area (TPSA) is 78.0 Å². The second-order valence-electron chi connectivity index (χ2n) is 6.44. The quantitative estimate of drug-likeness (QED) is 0.463. The van der Waals surface area contributed by atoms with E-state index >= 15 is 0 Å². The van der Waals surface area contributed by atoms with Crippen LogP contribution in [0.4, 0.5) is 5.69 Å². The zero-order valence-electron chi connectivity index (χ0n) is 16.3. The van der Waals surface area contributed by atoms with Crippen LogP contribution in [0.15, 0.2) is 23.2 Å². The first-order valence-corrected chi connectivity index (χ1v) is 9.85. The fourth-order valence-corrected chi connectivity index (χ4v) is 3.16. The van der Waals surface area contributed by atoms with E-state index in [1.165, 1.54) is 0 Å². The van der Waals surface area contributed by atoms with Crippen molar-refractivity contribution < 1.29 is 9.53 Å². The molecule has 1 aliphatic heterocycles. The molecule has 1 unspecified atom stereocenters. The van der Waals surface area contributed by atoms with Crippen LogP contribution in [-0.4, -0.2) is 57.7 Å². The molecule has 8 heteroatoms. The highest BCUT2D eigenvalue weighted by Gasteiger charge is 2.25. The van der Waals surface area contributed by atoms with Crippen molar-refractivity contribution in [2.24, 2.45) is 4.99 Å². The molecule has 1 aliphatic rings. The number of rotatable bonds is 8. The van der Waals surface area contributed by atoms with Crippen LogP contribution in [0.3, 0.4) is 0 Å². The molecule has 27 heavy (non-hydrogen) atoms. The molecule has 1 amide bonds. The summed E-state index contributed by atoms with van der Waals surface area (Å²) in [6.45, 7) is 7.27. The number of amides is 1. The van der Waals surface area contributed by atoms with Gasteiger partial charge in [-0.05, 0) is 38.0 Å². The Hall–Kier alpha value is -2.15. The number of benzene rings is 1. The molecular weight excluding hydrogens is 366 g/mol. The number of anilines is 1. The minimum absolute atomic E-state index is 0.0641. The molecule has 0 bridgehead atoms. The fourth-order valence-electron chi connectivity index (χ4n) is 2.99. The minimum atomic E-state index is -0.0641. The van der Waals surface area contributed by atoms with Crippen LogP contribution in [0.25, 0.3) is 0 Å². The van der Waals surface area contributed by atoms with Crippen LogP contribution >= 0.6 is 11.6 Å². The molecule has 0 aliphatic carbocycles. The number of carbonyl (C=O) groups excluding carboxylic acids is 1. The standard InChI is InChI=1S/C19H30ClN5O2/c1-4-9-22-18(26)12-23-19(21-5-2)24-15-8-10-25(13-15)16-11-14(20)6-7-17(16)27-3/h6-7,11,15H,4-5,8-10,12-13H2,1-3H3,(H,22,26)(H2,21,23,24). The van der Waals surface area contributed by atoms with Gasteiger partial charge >= 0.3 is 0 Å². The molecule has 0 spiro atoms. The molecule has 1 aromatic carbocycles. The number of guanidine groups is 1. The van der Waals surface area contributed by atoms with Gasteiger partial charge in [-0.25, -0.2) is 4.99 Å². The summed E-state index contributed by atoms with van der Waals surface area (Å²) in [7, 11) is 1.66. The molecular formula is C19H30ClN5O2. The van der Waals surface area contributed by atoms with Gasteiger partial charge in [0.05, 0.1) is 12.8 Å². The summed E-state index contributed by atoms with van der Waals surface area (Å²) >= 11 is 6.16. The van der Waals surface area contributed by atoms with Gasteiger partial charge in [-0.15, -0.1) is 0 Å². The van der Waals surface area contributed by atoms with E-state index in [4.69, 9.17) is 16.3 Å². The lowest BCUT2D eigenvalue weighted by Gasteiger charge is -2.22. The van der Waals surface area contributed by atoms with Gasteiger partial charge in [0.2, 0.25) is 5.91 Å². The average molecular weight is 396 g/mol. The Morgan fingerprint density at radius 1 is 1.37 bits per heavy atom. The van der Waals surface area contributed by atoms with Crippen LogP contribution in [0, 0.1) is 0 Å². The molecule has 0 aromatic heterocycles. The van der Waals surface area contributed by atoms with Crippen molar-refractivity contribution in [3.63, 3.8) is 0 Å². The third-order valence-electron chi connectivity index (χ3n) is 4.31. The molecule has 0 saturated carbocycles. The van der Waals surface area contributed by atoms with Gasteiger partial charge in [0.1, 0.15) is 12.3 Å². The number of halogens is 1. The van der Waals surface area contributed by atoms with Gasteiger partial charge in [-0.1, -0.05) is 18.5 Å². The Balaban J connectivity index is 1.96. The number of hydrogen-bond donors (Lipinski definition) is 3. The summed E-state index contributed by atoms with van der Waals surface area (Å²) in [5, 5.41) is 10.1. The number of carbonyl (C=O) groups is 1. The van der Waals surface area contributed by atoms with E-state index in [9.17, 15) is 4.79 Å². The van der Waals surface area contributed by atoms with E-state index in [1.807, 2.05) is 32.0 Å². The lowest BCUT2D eigenvalue weighted by Crippen LogP contribution is -2.45. The van der Waals surface area contributed by atoms with Gasteiger partial charge in [-0.3, -0.25) is 4.79 Å². The van der Waals surface area contributed by atoms with Gasteiger partial charge in [0, 0.05) is 37.2 Å². The SMILES string of the molecule is CCCNC(=O)CN=C(NCC)NC1CCN(c2cc(Cl)ccc2OC)C1. The van der Waals surface area contributed by atoms with Crippen LogP contribution < -0.4 is 25.6 Å². The lowest BCUT2D eigenvalue weighted by molar-refractivity contribution is -0.119. The number of methoxy groups -OCH3 is 1. The normalized spacial score (nSPS) is 17.0. The molecule has 0 radical (unpaired) electrons. The van der Waals surface area contributed by atoms with E-state index in [1.54, 1.807) is 7.11 Å². The summed E-state index contributed by atoms with van der Waals surface area (Å²) in [5.74, 6) is 1.41. The largest absolute Gasteiger partial charge is 0.495 e. The van der Waals surface area contributed by atoms with Gasteiger partial charge in [0.25, 0.3) is 0 Å². The van der Waals surface area contributed by atoms with Gasteiger partial charge in [-0.2, -0.15) is 0 Å². The van der Waals surface area contributed by atoms with Gasteiger partial charge < -0.3 is 25.6 Å². The molecule has 1 aromatic rings.